The lowest BCUT2D eigenvalue weighted by Crippen LogP contribution is -2.43. The Bertz CT molecular complexity index is 459. The van der Waals surface area contributed by atoms with E-state index >= 15 is 0 Å². The molecule has 0 bridgehead atoms. The molecule has 0 heterocycles. The smallest absolute Gasteiger partial charge is 0.319 e. The summed E-state index contributed by atoms with van der Waals surface area (Å²) in [6.45, 7) is 3.97. The van der Waals surface area contributed by atoms with Crippen LogP contribution < -0.4 is 10.6 Å². The molecule has 2 amide bonds. The van der Waals surface area contributed by atoms with Gasteiger partial charge in [0.1, 0.15) is 0 Å². The lowest BCUT2D eigenvalue weighted by atomic mass is 9.98. The van der Waals surface area contributed by atoms with Crippen LogP contribution in [0.3, 0.4) is 0 Å². The maximum Gasteiger partial charge on any atom is 0.319 e. The normalized spacial score (nSPS) is 10.6. The minimum absolute atomic E-state index is 0.210. The van der Waals surface area contributed by atoms with Crippen molar-refractivity contribution in [3.05, 3.63) is 29.8 Å². The van der Waals surface area contributed by atoms with Gasteiger partial charge in [-0.05, 0) is 37.1 Å². The minimum Gasteiger partial charge on any atom is -0.388 e. The van der Waals surface area contributed by atoms with Crippen molar-refractivity contribution in [1.82, 2.24) is 5.32 Å². The van der Waals surface area contributed by atoms with Gasteiger partial charge in [-0.1, -0.05) is 13.8 Å². The van der Waals surface area contributed by atoms with Gasteiger partial charge in [0.15, 0.2) is 0 Å². The molecule has 1 aromatic carbocycles. The average molecular weight is 261 g/mol. The minimum atomic E-state index is -0.859. The lowest BCUT2D eigenvalue weighted by Gasteiger charge is -2.25. The number of carbonyl (C=O) groups excluding carboxylic acids is 1. The molecule has 0 aliphatic rings. The van der Waals surface area contributed by atoms with E-state index in [0.717, 1.165) is 0 Å². The zero-order valence-corrected chi connectivity index (χ0v) is 11.2. The lowest BCUT2D eigenvalue weighted by molar-refractivity contribution is 0.0354. The molecular formula is C14H19N3O2. The van der Waals surface area contributed by atoms with Crippen molar-refractivity contribution >= 4 is 11.7 Å². The maximum absolute atomic E-state index is 11.6. The van der Waals surface area contributed by atoms with Crippen LogP contribution in [-0.2, 0) is 0 Å². The highest BCUT2D eigenvalue weighted by molar-refractivity contribution is 5.89. The molecule has 0 aromatic heterocycles. The summed E-state index contributed by atoms with van der Waals surface area (Å²) in [5, 5.41) is 24.0. The molecule has 0 saturated heterocycles. The number of nitrogens with zero attached hydrogens (tertiary/aromatic N) is 1. The monoisotopic (exact) mass is 261 g/mol. The highest BCUT2D eigenvalue weighted by Crippen LogP contribution is 2.13. The SMILES string of the molecule is CCC(O)(CC)CNC(=O)Nc1ccc(C#N)cc1. The number of amides is 2. The zero-order chi connectivity index (χ0) is 14.3. The second kappa shape index (κ2) is 6.76. The summed E-state index contributed by atoms with van der Waals surface area (Å²) in [7, 11) is 0. The third-order valence-corrected chi connectivity index (χ3v) is 3.17. The van der Waals surface area contributed by atoms with Crippen molar-refractivity contribution in [2.45, 2.75) is 32.3 Å². The first-order chi connectivity index (χ1) is 9.03. The van der Waals surface area contributed by atoms with Gasteiger partial charge in [-0.15, -0.1) is 0 Å². The molecule has 102 valence electrons. The number of nitriles is 1. The standard InChI is InChI=1S/C14H19N3O2/c1-3-14(19,4-2)10-16-13(18)17-12-7-5-11(9-15)6-8-12/h5-8,19H,3-4,10H2,1-2H3,(H2,16,17,18). The molecule has 19 heavy (non-hydrogen) atoms. The highest BCUT2D eigenvalue weighted by atomic mass is 16.3. The van der Waals surface area contributed by atoms with E-state index < -0.39 is 5.60 Å². The van der Waals surface area contributed by atoms with E-state index in [1.807, 2.05) is 19.9 Å². The summed E-state index contributed by atoms with van der Waals surface area (Å²) in [6.07, 6.45) is 1.17. The number of urea groups is 1. The van der Waals surface area contributed by atoms with Crippen LogP contribution in [0.1, 0.15) is 32.3 Å². The van der Waals surface area contributed by atoms with Crippen LogP contribution in [0, 0.1) is 11.3 Å². The second-order valence-electron chi connectivity index (χ2n) is 4.43. The molecule has 3 N–H and O–H groups in total. The van der Waals surface area contributed by atoms with Gasteiger partial charge in [0, 0.05) is 12.2 Å². The summed E-state index contributed by atoms with van der Waals surface area (Å²) < 4.78 is 0. The van der Waals surface area contributed by atoms with Crippen LogP contribution in [0.15, 0.2) is 24.3 Å². The molecule has 0 atom stereocenters. The number of carbonyl (C=O) groups is 1. The summed E-state index contributed by atoms with van der Waals surface area (Å²) in [5.41, 5.74) is 0.285. The molecule has 0 radical (unpaired) electrons. The number of rotatable bonds is 5. The first-order valence-electron chi connectivity index (χ1n) is 6.30. The highest BCUT2D eigenvalue weighted by Gasteiger charge is 2.22. The van der Waals surface area contributed by atoms with E-state index in [4.69, 9.17) is 5.26 Å². The third-order valence-electron chi connectivity index (χ3n) is 3.17. The molecule has 0 aliphatic heterocycles. The van der Waals surface area contributed by atoms with E-state index in [9.17, 15) is 9.90 Å². The Balaban J connectivity index is 2.49. The molecule has 0 fully saturated rings. The summed E-state index contributed by atoms with van der Waals surface area (Å²) in [5.74, 6) is 0. The Labute approximate surface area is 113 Å². The van der Waals surface area contributed by atoms with Gasteiger partial charge < -0.3 is 15.7 Å². The number of benzene rings is 1. The van der Waals surface area contributed by atoms with Crippen molar-refractivity contribution in [3.8, 4) is 6.07 Å². The fraction of sp³-hybridized carbons (Fsp3) is 0.429. The van der Waals surface area contributed by atoms with Crippen molar-refractivity contribution < 1.29 is 9.90 Å². The molecule has 1 aromatic rings. The van der Waals surface area contributed by atoms with Crippen LogP contribution in [-0.4, -0.2) is 23.3 Å². The molecular weight excluding hydrogens is 242 g/mol. The van der Waals surface area contributed by atoms with E-state index in [-0.39, 0.29) is 12.6 Å². The Morgan fingerprint density at radius 1 is 1.32 bits per heavy atom. The Morgan fingerprint density at radius 2 is 1.89 bits per heavy atom. The number of hydrogen-bond donors (Lipinski definition) is 3. The molecule has 0 saturated carbocycles. The second-order valence-corrected chi connectivity index (χ2v) is 4.43. The summed E-state index contributed by atoms with van der Waals surface area (Å²) in [6, 6.07) is 8.21. The van der Waals surface area contributed by atoms with E-state index in [1.165, 1.54) is 0 Å². The van der Waals surface area contributed by atoms with Crippen LogP contribution >= 0.6 is 0 Å². The Morgan fingerprint density at radius 3 is 2.37 bits per heavy atom. The number of nitrogens with one attached hydrogen (secondary N) is 2. The van der Waals surface area contributed by atoms with Gasteiger partial charge in [-0.2, -0.15) is 5.26 Å². The number of anilines is 1. The predicted molar refractivity (Wildman–Crippen MR) is 73.7 cm³/mol. The van der Waals surface area contributed by atoms with Gasteiger partial charge in [0.25, 0.3) is 0 Å². The fourth-order valence-electron chi connectivity index (χ4n) is 1.55. The van der Waals surface area contributed by atoms with E-state index in [1.54, 1.807) is 24.3 Å². The molecule has 0 spiro atoms. The van der Waals surface area contributed by atoms with Crippen molar-refractivity contribution in [2.75, 3.05) is 11.9 Å². The third kappa shape index (κ3) is 4.60. The van der Waals surface area contributed by atoms with Gasteiger partial charge in [-0.25, -0.2) is 4.79 Å². The van der Waals surface area contributed by atoms with Crippen LogP contribution in [0.4, 0.5) is 10.5 Å². The number of hydrogen-bond acceptors (Lipinski definition) is 3. The Kier molecular flexibility index (Phi) is 5.34. The number of aliphatic hydroxyl groups is 1. The largest absolute Gasteiger partial charge is 0.388 e. The topological polar surface area (TPSA) is 85.2 Å². The summed E-state index contributed by atoms with van der Waals surface area (Å²) in [4.78, 5) is 11.6. The first kappa shape index (κ1) is 15.0. The van der Waals surface area contributed by atoms with Gasteiger partial charge in [-0.3, -0.25) is 0 Å². The molecule has 0 unspecified atom stereocenters. The van der Waals surface area contributed by atoms with Crippen molar-refractivity contribution in [2.24, 2.45) is 0 Å². The van der Waals surface area contributed by atoms with Crippen molar-refractivity contribution in [3.63, 3.8) is 0 Å². The Hall–Kier alpha value is -2.06. The fourth-order valence-corrected chi connectivity index (χ4v) is 1.55. The van der Waals surface area contributed by atoms with Gasteiger partial charge in [0.2, 0.25) is 0 Å². The van der Waals surface area contributed by atoms with Crippen LogP contribution in [0.25, 0.3) is 0 Å². The van der Waals surface area contributed by atoms with Crippen molar-refractivity contribution in [1.29, 1.82) is 5.26 Å². The molecule has 5 nitrogen and oxygen atoms in total. The van der Waals surface area contributed by atoms with Gasteiger partial charge >= 0.3 is 6.03 Å². The summed E-state index contributed by atoms with van der Waals surface area (Å²) >= 11 is 0. The molecule has 5 heteroatoms. The maximum atomic E-state index is 11.6. The van der Waals surface area contributed by atoms with Crippen LogP contribution in [0.5, 0.6) is 0 Å². The molecule has 0 aliphatic carbocycles. The first-order valence-corrected chi connectivity index (χ1v) is 6.30. The molecule has 1 rings (SSSR count). The van der Waals surface area contributed by atoms with Crippen LogP contribution in [0.2, 0.25) is 0 Å². The van der Waals surface area contributed by atoms with Gasteiger partial charge in [0.05, 0.1) is 17.2 Å². The van der Waals surface area contributed by atoms with E-state index in [0.29, 0.717) is 24.1 Å². The van der Waals surface area contributed by atoms with E-state index in [2.05, 4.69) is 10.6 Å². The predicted octanol–water partition coefficient (Wildman–Crippen LogP) is 2.23. The average Bonchev–Trinajstić information content (AvgIpc) is 2.45. The zero-order valence-electron chi connectivity index (χ0n) is 11.2. The quantitative estimate of drug-likeness (QED) is 0.759.